The Morgan fingerprint density at radius 1 is 1.37 bits per heavy atom. The normalized spacial score (nSPS) is 10.2. The molecule has 1 N–H and O–H groups in total. The van der Waals surface area contributed by atoms with Crippen molar-refractivity contribution in [2.45, 2.75) is 20.3 Å². The van der Waals surface area contributed by atoms with Crippen LogP contribution in [0.25, 0.3) is 0 Å². The Bertz CT molecular complexity index is 552. The number of aryl methyl sites for hydroxylation is 2. The lowest BCUT2D eigenvalue weighted by atomic mass is 10.3. The standard InChI is InChI=1S/C14H16N2O2S/c1-3-12-10(2)19-14(15-12)16-13(17)9-18-11-7-5-4-6-8-11/h4-8H,3,9H2,1-2H3,(H,15,16,17). The number of para-hydroxylation sites is 1. The number of hydrogen-bond acceptors (Lipinski definition) is 4. The quantitative estimate of drug-likeness (QED) is 0.913. The van der Waals surface area contributed by atoms with Crippen LogP contribution in [-0.4, -0.2) is 17.5 Å². The van der Waals surface area contributed by atoms with Crippen LogP contribution >= 0.6 is 11.3 Å². The van der Waals surface area contributed by atoms with Gasteiger partial charge in [-0.3, -0.25) is 10.1 Å². The van der Waals surface area contributed by atoms with E-state index in [0.29, 0.717) is 10.9 Å². The Morgan fingerprint density at radius 3 is 2.74 bits per heavy atom. The van der Waals surface area contributed by atoms with Gasteiger partial charge in [0.15, 0.2) is 11.7 Å². The number of hydrogen-bond donors (Lipinski definition) is 1. The number of thiazole rings is 1. The molecule has 1 aromatic heterocycles. The zero-order valence-electron chi connectivity index (χ0n) is 11.0. The van der Waals surface area contributed by atoms with Crippen LogP contribution in [-0.2, 0) is 11.2 Å². The highest BCUT2D eigenvalue weighted by atomic mass is 32.1. The molecule has 0 aliphatic carbocycles. The van der Waals surface area contributed by atoms with E-state index in [-0.39, 0.29) is 12.5 Å². The second-order valence-electron chi connectivity index (χ2n) is 4.03. The van der Waals surface area contributed by atoms with E-state index in [9.17, 15) is 4.79 Å². The van der Waals surface area contributed by atoms with Crippen molar-refractivity contribution >= 4 is 22.4 Å². The van der Waals surface area contributed by atoms with Gasteiger partial charge >= 0.3 is 0 Å². The number of anilines is 1. The van der Waals surface area contributed by atoms with Crippen LogP contribution in [0.15, 0.2) is 30.3 Å². The first-order chi connectivity index (χ1) is 9.19. The first kappa shape index (κ1) is 13.5. The van der Waals surface area contributed by atoms with E-state index < -0.39 is 0 Å². The molecule has 2 rings (SSSR count). The Balaban J connectivity index is 1.87. The fourth-order valence-electron chi connectivity index (χ4n) is 1.63. The third-order valence-corrected chi connectivity index (χ3v) is 3.52. The highest BCUT2D eigenvalue weighted by Crippen LogP contribution is 2.22. The van der Waals surface area contributed by atoms with Gasteiger partial charge in [-0.15, -0.1) is 11.3 Å². The van der Waals surface area contributed by atoms with Gasteiger partial charge in [0.25, 0.3) is 5.91 Å². The van der Waals surface area contributed by atoms with E-state index in [0.717, 1.165) is 17.0 Å². The van der Waals surface area contributed by atoms with Crippen molar-refractivity contribution in [2.24, 2.45) is 0 Å². The highest BCUT2D eigenvalue weighted by molar-refractivity contribution is 7.15. The van der Waals surface area contributed by atoms with Crippen LogP contribution in [0.2, 0.25) is 0 Å². The molecule has 0 atom stereocenters. The summed E-state index contributed by atoms with van der Waals surface area (Å²) in [5, 5.41) is 3.39. The molecule has 0 radical (unpaired) electrons. The second kappa shape index (κ2) is 6.33. The van der Waals surface area contributed by atoms with E-state index in [2.05, 4.69) is 10.3 Å². The Morgan fingerprint density at radius 2 is 2.11 bits per heavy atom. The SMILES string of the molecule is CCc1nc(NC(=O)COc2ccccc2)sc1C. The topological polar surface area (TPSA) is 51.2 Å². The Kier molecular flexibility index (Phi) is 4.52. The molecule has 0 saturated carbocycles. The summed E-state index contributed by atoms with van der Waals surface area (Å²) in [6.45, 7) is 4.04. The number of carbonyl (C=O) groups is 1. The smallest absolute Gasteiger partial charge is 0.264 e. The molecule has 0 spiro atoms. The van der Waals surface area contributed by atoms with E-state index >= 15 is 0 Å². The molecule has 0 saturated heterocycles. The summed E-state index contributed by atoms with van der Waals surface area (Å²) in [5.41, 5.74) is 1.03. The van der Waals surface area contributed by atoms with E-state index in [4.69, 9.17) is 4.74 Å². The lowest BCUT2D eigenvalue weighted by Crippen LogP contribution is -2.20. The molecule has 1 heterocycles. The van der Waals surface area contributed by atoms with Crippen LogP contribution in [0.4, 0.5) is 5.13 Å². The number of rotatable bonds is 5. The predicted octanol–water partition coefficient (Wildman–Crippen LogP) is 3.03. The molecule has 0 aliphatic rings. The third-order valence-electron chi connectivity index (χ3n) is 2.59. The molecule has 1 aromatic carbocycles. The minimum Gasteiger partial charge on any atom is -0.484 e. The number of ether oxygens (including phenoxy) is 1. The van der Waals surface area contributed by atoms with Crippen molar-refractivity contribution in [3.8, 4) is 5.75 Å². The molecule has 4 nitrogen and oxygen atoms in total. The molecule has 100 valence electrons. The van der Waals surface area contributed by atoms with Gasteiger partial charge in [0.2, 0.25) is 0 Å². The molecule has 2 aromatic rings. The van der Waals surface area contributed by atoms with Crippen molar-refractivity contribution in [3.63, 3.8) is 0 Å². The van der Waals surface area contributed by atoms with Gasteiger partial charge < -0.3 is 4.74 Å². The number of aromatic nitrogens is 1. The van der Waals surface area contributed by atoms with Gasteiger partial charge in [0.1, 0.15) is 5.75 Å². The molecular weight excluding hydrogens is 260 g/mol. The summed E-state index contributed by atoms with van der Waals surface area (Å²) >= 11 is 1.49. The number of nitrogens with one attached hydrogen (secondary N) is 1. The fourth-order valence-corrected chi connectivity index (χ4v) is 2.55. The largest absolute Gasteiger partial charge is 0.484 e. The highest BCUT2D eigenvalue weighted by Gasteiger charge is 2.09. The first-order valence-corrected chi connectivity index (χ1v) is 6.94. The van der Waals surface area contributed by atoms with Crippen molar-refractivity contribution in [3.05, 3.63) is 40.9 Å². The minimum absolute atomic E-state index is 0.00982. The van der Waals surface area contributed by atoms with Crippen LogP contribution < -0.4 is 10.1 Å². The van der Waals surface area contributed by atoms with E-state index in [1.807, 2.05) is 44.2 Å². The van der Waals surface area contributed by atoms with E-state index in [1.54, 1.807) is 0 Å². The molecule has 0 fully saturated rings. The van der Waals surface area contributed by atoms with Gasteiger partial charge in [-0.05, 0) is 25.5 Å². The van der Waals surface area contributed by atoms with Gasteiger partial charge in [0.05, 0.1) is 5.69 Å². The lowest BCUT2D eigenvalue weighted by Gasteiger charge is -2.05. The van der Waals surface area contributed by atoms with Crippen LogP contribution in [0.1, 0.15) is 17.5 Å². The van der Waals surface area contributed by atoms with Crippen molar-refractivity contribution in [2.75, 3.05) is 11.9 Å². The average molecular weight is 276 g/mol. The summed E-state index contributed by atoms with van der Waals surface area (Å²) in [6.07, 6.45) is 0.874. The molecule has 19 heavy (non-hydrogen) atoms. The molecule has 0 unspecified atom stereocenters. The molecular formula is C14H16N2O2S. The summed E-state index contributed by atoms with van der Waals surface area (Å²) in [6, 6.07) is 9.26. The minimum atomic E-state index is -0.194. The maximum Gasteiger partial charge on any atom is 0.264 e. The monoisotopic (exact) mass is 276 g/mol. The van der Waals surface area contributed by atoms with Crippen LogP contribution in [0, 0.1) is 6.92 Å². The predicted molar refractivity (Wildman–Crippen MR) is 76.8 cm³/mol. The summed E-state index contributed by atoms with van der Waals surface area (Å²) in [4.78, 5) is 17.2. The third kappa shape index (κ3) is 3.79. The van der Waals surface area contributed by atoms with Gasteiger partial charge in [-0.25, -0.2) is 4.98 Å². The van der Waals surface area contributed by atoms with Gasteiger partial charge in [-0.2, -0.15) is 0 Å². The average Bonchev–Trinajstić information content (AvgIpc) is 2.77. The lowest BCUT2D eigenvalue weighted by molar-refractivity contribution is -0.118. The van der Waals surface area contributed by atoms with Crippen molar-refractivity contribution in [1.82, 2.24) is 4.98 Å². The van der Waals surface area contributed by atoms with Crippen LogP contribution in [0.5, 0.6) is 5.75 Å². The number of benzene rings is 1. The molecule has 5 heteroatoms. The number of nitrogens with zero attached hydrogens (tertiary/aromatic N) is 1. The maximum absolute atomic E-state index is 11.7. The summed E-state index contributed by atoms with van der Waals surface area (Å²) in [7, 11) is 0. The second-order valence-corrected chi connectivity index (χ2v) is 5.23. The van der Waals surface area contributed by atoms with Gasteiger partial charge in [0, 0.05) is 4.88 Å². The number of amides is 1. The maximum atomic E-state index is 11.7. The van der Waals surface area contributed by atoms with Crippen LogP contribution in [0.3, 0.4) is 0 Å². The van der Waals surface area contributed by atoms with Gasteiger partial charge in [-0.1, -0.05) is 25.1 Å². The molecule has 0 aliphatic heterocycles. The van der Waals surface area contributed by atoms with Crippen molar-refractivity contribution in [1.29, 1.82) is 0 Å². The van der Waals surface area contributed by atoms with E-state index in [1.165, 1.54) is 11.3 Å². The Hall–Kier alpha value is -1.88. The zero-order valence-corrected chi connectivity index (χ0v) is 11.8. The Labute approximate surface area is 116 Å². The molecule has 1 amide bonds. The fraction of sp³-hybridized carbons (Fsp3) is 0.286. The number of carbonyl (C=O) groups excluding carboxylic acids is 1. The summed E-state index contributed by atoms with van der Waals surface area (Å²) < 4.78 is 5.37. The summed E-state index contributed by atoms with van der Waals surface area (Å²) in [5.74, 6) is 0.488. The first-order valence-electron chi connectivity index (χ1n) is 6.13. The van der Waals surface area contributed by atoms with Crippen molar-refractivity contribution < 1.29 is 9.53 Å². The zero-order chi connectivity index (χ0) is 13.7. The molecule has 0 bridgehead atoms.